The van der Waals surface area contributed by atoms with Crippen molar-refractivity contribution in [1.29, 1.82) is 0 Å². The van der Waals surface area contributed by atoms with Crippen LogP contribution < -0.4 is 27.4 Å². The fourth-order valence-electron chi connectivity index (χ4n) is 3.98. The highest BCUT2D eigenvalue weighted by Crippen LogP contribution is 2.19. The van der Waals surface area contributed by atoms with E-state index >= 15 is 0 Å². The number of nitrogens with one attached hydrogen (secondary N) is 4. The number of hydrogen-bond acceptors (Lipinski definition) is 6. The summed E-state index contributed by atoms with van der Waals surface area (Å²) in [6, 6.07) is 4.43. The van der Waals surface area contributed by atoms with Crippen LogP contribution in [0.15, 0.2) is 30.5 Å². The predicted octanol–water partition coefficient (Wildman–Crippen LogP) is 0.383. The molecule has 0 fully saturated rings. The van der Waals surface area contributed by atoms with E-state index in [2.05, 4.69) is 20.9 Å². The number of unbranched alkanes of at least 4 members (excludes halogenated alkanes) is 1. The first-order valence-corrected chi connectivity index (χ1v) is 12.2. The number of carbonyl (C=O) groups is 4. The van der Waals surface area contributed by atoms with Gasteiger partial charge < -0.3 is 37.5 Å². The minimum atomic E-state index is -1.20. The van der Waals surface area contributed by atoms with Crippen LogP contribution in [0.3, 0.4) is 0 Å². The lowest BCUT2D eigenvalue weighted by Crippen LogP contribution is -2.56. The Balaban J connectivity index is 2.17. The molecule has 0 aliphatic rings. The van der Waals surface area contributed by atoms with Gasteiger partial charge in [-0.2, -0.15) is 0 Å². The normalized spacial score (nSPS) is 13.7. The molecule has 9 N–H and O–H groups in total. The second-order valence-electron chi connectivity index (χ2n) is 9.26. The topological polar surface area (TPSA) is 192 Å². The van der Waals surface area contributed by atoms with Crippen molar-refractivity contribution in [3.63, 3.8) is 0 Å². The van der Waals surface area contributed by atoms with Crippen LogP contribution in [0.1, 0.15) is 45.1 Å². The van der Waals surface area contributed by atoms with Crippen LogP contribution in [0.5, 0.6) is 0 Å². The number of H-pyrrole nitrogens is 1. The largest absolute Gasteiger partial charge is 0.480 e. The molecule has 198 valence electrons. The van der Waals surface area contributed by atoms with E-state index in [1.54, 1.807) is 6.20 Å². The summed E-state index contributed by atoms with van der Waals surface area (Å²) in [5.41, 5.74) is 12.6. The summed E-state index contributed by atoms with van der Waals surface area (Å²) >= 11 is 0. The second-order valence-corrected chi connectivity index (χ2v) is 9.26. The smallest absolute Gasteiger partial charge is 0.326 e. The molecule has 0 bridgehead atoms. The van der Waals surface area contributed by atoms with Gasteiger partial charge in [0.15, 0.2) is 0 Å². The third-order valence-corrected chi connectivity index (χ3v) is 5.84. The van der Waals surface area contributed by atoms with Crippen molar-refractivity contribution in [2.45, 2.75) is 64.1 Å². The van der Waals surface area contributed by atoms with Crippen molar-refractivity contribution in [1.82, 2.24) is 20.9 Å². The van der Waals surface area contributed by atoms with Gasteiger partial charge in [-0.1, -0.05) is 32.0 Å². The molecule has 11 nitrogen and oxygen atoms in total. The number of carbonyl (C=O) groups excluding carboxylic acids is 3. The first-order valence-electron chi connectivity index (χ1n) is 12.2. The minimum Gasteiger partial charge on any atom is -0.480 e. The number of carboxylic acid groups (broad SMARTS) is 1. The van der Waals surface area contributed by atoms with E-state index in [-0.39, 0.29) is 25.3 Å². The summed E-state index contributed by atoms with van der Waals surface area (Å²) in [4.78, 5) is 53.1. The molecule has 36 heavy (non-hydrogen) atoms. The number of fused-ring (bicyclic) bond motifs is 1. The number of para-hydroxylation sites is 1. The standard InChI is InChI=1S/C25H38N6O5/c1-15(2)11-20(29-22(32)13-27)24(34)30-19(9-5-6-10-26)23(33)31-21(25(35)36)12-16-14-28-18-8-4-3-7-17(16)18/h3-4,7-8,14-15,19-21,28H,5-6,9-13,26-27H2,1-2H3,(H,29,32)(H,30,34)(H,31,33)(H,35,36). The lowest BCUT2D eigenvalue weighted by molar-refractivity contribution is -0.142. The Morgan fingerprint density at radius 1 is 0.944 bits per heavy atom. The van der Waals surface area contributed by atoms with Crippen molar-refractivity contribution in [3.05, 3.63) is 36.0 Å². The monoisotopic (exact) mass is 502 g/mol. The van der Waals surface area contributed by atoms with E-state index in [0.717, 1.165) is 16.5 Å². The van der Waals surface area contributed by atoms with Gasteiger partial charge in [0.05, 0.1) is 6.54 Å². The quantitative estimate of drug-likeness (QED) is 0.171. The lowest BCUT2D eigenvalue weighted by Gasteiger charge is -2.25. The average molecular weight is 503 g/mol. The zero-order valence-electron chi connectivity index (χ0n) is 20.9. The average Bonchev–Trinajstić information content (AvgIpc) is 3.24. The van der Waals surface area contributed by atoms with Crippen LogP contribution in [0.2, 0.25) is 0 Å². The molecule has 0 spiro atoms. The molecule has 1 heterocycles. The van der Waals surface area contributed by atoms with Gasteiger partial charge in [-0.05, 0) is 49.8 Å². The summed E-state index contributed by atoms with van der Waals surface area (Å²) in [7, 11) is 0. The van der Waals surface area contributed by atoms with Crippen molar-refractivity contribution in [3.8, 4) is 0 Å². The summed E-state index contributed by atoms with van der Waals surface area (Å²) in [6.45, 7) is 3.96. The highest BCUT2D eigenvalue weighted by Gasteiger charge is 2.30. The highest BCUT2D eigenvalue weighted by molar-refractivity contribution is 5.94. The van der Waals surface area contributed by atoms with Gasteiger partial charge in [-0.15, -0.1) is 0 Å². The molecule has 2 aromatic rings. The zero-order valence-corrected chi connectivity index (χ0v) is 20.9. The second kappa shape index (κ2) is 14.2. The molecule has 3 unspecified atom stereocenters. The molecular weight excluding hydrogens is 464 g/mol. The van der Waals surface area contributed by atoms with E-state index < -0.39 is 41.8 Å². The summed E-state index contributed by atoms with van der Waals surface area (Å²) in [5.74, 6) is -2.71. The number of nitrogens with two attached hydrogens (primary N) is 2. The van der Waals surface area contributed by atoms with Crippen LogP contribution in [-0.2, 0) is 25.6 Å². The molecule has 0 saturated carbocycles. The number of aliphatic carboxylic acids is 1. The Labute approximate surface area is 210 Å². The van der Waals surface area contributed by atoms with Gasteiger partial charge in [0.2, 0.25) is 17.7 Å². The van der Waals surface area contributed by atoms with E-state index in [1.807, 2.05) is 38.1 Å². The van der Waals surface area contributed by atoms with E-state index in [4.69, 9.17) is 11.5 Å². The molecule has 11 heteroatoms. The number of aromatic nitrogens is 1. The van der Waals surface area contributed by atoms with Gasteiger partial charge in [-0.25, -0.2) is 4.79 Å². The zero-order chi connectivity index (χ0) is 26.7. The van der Waals surface area contributed by atoms with Gasteiger partial charge in [0.25, 0.3) is 0 Å². The predicted molar refractivity (Wildman–Crippen MR) is 137 cm³/mol. The fourth-order valence-corrected chi connectivity index (χ4v) is 3.98. The Morgan fingerprint density at radius 2 is 1.61 bits per heavy atom. The Hall–Kier alpha value is -3.44. The molecular formula is C25H38N6O5. The Morgan fingerprint density at radius 3 is 2.25 bits per heavy atom. The molecule has 0 radical (unpaired) electrons. The van der Waals surface area contributed by atoms with Crippen molar-refractivity contribution in [2.75, 3.05) is 13.1 Å². The van der Waals surface area contributed by atoms with Gasteiger partial charge in [0.1, 0.15) is 18.1 Å². The van der Waals surface area contributed by atoms with E-state index in [9.17, 15) is 24.3 Å². The molecule has 3 amide bonds. The van der Waals surface area contributed by atoms with Crippen molar-refractivity contribution >= 4 is 34.6 Å². The Kier molecular flexibility index (Phi) is 11.4. The molecule has 0 saturated heterocycles. The van der Waals surface area contributed by atoms with Crippen LogP contribution >= 0.6 is 0 Å². The molecule has 3 atom stereocenters. The summed E-state index contributed by atoms with van der Waals surface area (Å²) < 4.78 is 0. The van der Waals surface area contributed by atoms with Crippen LogP contribution in [0.4, 0.5) is 0 Å². The molecule has 2 rings (SSSR count). The molecule has 0 aliphatic heterocycles. The first kappa shape index (κ1) is 28.8. The third-order valence-electron chi connectivity index (χ3n) is 5.84. The number of amides is 3. The number of benzene rings is 1. The molecule has 1 aromatic carbocycles. The maximum Gasteiger partial charge on any atom is 0.326 e. The van der Waals surface area contributed by atoms with E-state index in [0.29, 0.717) is 25.8 Å². The fraction of sp³-hybridized carbons (Fsp3) is 0.520. The summed E-state index contributed by atoms with van der Waals surface area (Å²) in [6.07, 6.45) is 3.61. The summed E-state index contributed by atoms with van der Waals surface area (Å²) in [5, 5.41) is 18.5. The van der Waals surface area contributed by atoms with Gasteiger partial charge in [-0.3, -0.25) is 14.4 Å². The van der Waals surface area contributed by atoms with E-state index in [1.165, 1.54) is 0 Å². The van der Waals surface area contributed by atoms with Gasteiger partial charge in [0, 0.05) is 23.5 Å². The number of aromatic amines is 1. The number of carboxylic acids is 1. The van der Waals surface area contributed by atoms with Crippen LogP contribution in [-0.4, -0.2) is 65.0 Å². The van der Waals surface area contributed by atoms with Crippen LogP contribution in [0.25, 0.3) is 10.9 Å². The maximum atomic E-state index is 13.2. The van der Waals surface area contributed by atoms with Crippen molar-refractivity contribution in [2.24, 2.45) is 17.4 Å². The van der Waals surface area contributed by atoms with Gasteiger partial charge >= 0.3 is 5.97 Å². The maximum absolute atomic E-state index is 13.2. The van der Waals surface area contributed by atoms with Crippen molar-refractivity contribution < 1.29 is 24.3 Å². The highest BCUT2D eigenvalue weighted by atomic mass is 16.4. The van der Waals surface area contributed by atoms with Crippen LogP contribution in [0, 0.1) is 5.92 Å². The number of hydrogen-bond donors (Lipinski definition) is 7. The Bertz CT molecular complexity index is 1040. The molecule has 1 aromatic heterocycles. The first-order chi connectivity index (χ1) is 17.2. The third kappa shape index (κ3) is 8.65. The lowest BCUT2D eigenvalue weighted by atomic mass is 10.0. The number of rotatable bonds is 15. The minimum absolute atomic E-state index is 0.0666. The molecule has 0 aliphatic carbocycles. The SMILES string of the molecule is CC(C)CC(NC(=O)CN)C(=O)NC(CCCCN)C(=O)NC(Cc1c[nH]c2ccccc12)C(=O)O.